The number of Topliss-reactive ketones (excluding diaryl/α,β-unsaturated/α-hetero) is 1. The Labute approximate surface area is 173 Å². The number of halogens is 1. The van der Waals surface area contributed by atoms with E-state index in [-0.39, 0.29) is 34.5 Å². The number of ketones is 1. The van der Waals surface area contributed by atoms with Crippen LogP contribution in [0.4, 0.5) is 5.69 Å². The Hall–Kier alpha value is -3.24. The number of fused-ring (bicyclic) bond motifs is 1. The van der Waals surface area contributed by atoms with Gasteiger partial charge in [0.15, 0.2) is 5.78 Å². The number of carbonyl (C=O) groups is 3. The van der Waals surface area contributed by atoms with Crippen molar-refractivity contribution < 1.29 is 19.5 Å². The van der Waals surface area contributed by atoms with Crippen LogP contribution in [-0.2, 0) is 11.2 Å². The molecule has 3 aromatic rings. The molecule has 2 N–H and O–H groups in total. The topological polar surface area (TPSA) is 127 Å². The van der Waals surface area contributed by atoms with Gasteiger partial charge in [-0.1, -0.05) is 23.4 Å². The molecule has 1 amide bonds. The number of anilines is 1. The van der Waals surface area contributed by atoms with E-state index in [9.17, 15) is 14.4 Å². The average Bonchev–Trinajstić information content (AvgIpc) is 3.30. The second-order valence-electron chi connectivity index (χ2n) is 6.15. The third-order valence-electron chi connectivity index (χ3n) is 4.25. The van der Waals surface area contributed by atoms with Crippen molar-refractivity contribution in [3.8, 4) is 5.69 Å². The first kappa shape index (κ1) is 19.1. The molecule has 0 saturated carbocycles. The van der Waals surface area contributed by atoms with Crippen molar-refractivity contribution >= 4 is 46.7 Å². The molecule has 1 aromatic heterocycles. The molecule has 0 fully saturated rings. The minimum Gasteiger partial charge on any atom is -0.478 e. The van der Waals surface area contributed by atoms with Crippen LogP contribution in [0.3, 0.4) is 0 Å². The van der Waals surface area contributed by atoms with Crippen LogP contribution in [0.1, 0.15) is 26.3 Å². The fourth-order valence-electron chi connectivity index (χ4n) is 2.85. The smallest absolute Gasteiger partial charge is 0.335 e. The maximum atomic E-state index is 12.7. The van der Waals surface area contributed by atoms with Gasteiger partial charge in [0.2, 0.25) is 11.1 Å². The molecule has 2 heterocycles. The Balaban J connectivity index is 1.50. The van der Waals surface area contributed by atoms with Crippen molar-refractivity contribution in [3.05, 3.63) is 58.1 Å². The van der Waals surface area contributed by atoms with Crippen LogP contribution in [0.25, 0.3) is 5.69 Å². The quantitative estimate of drug-likeness (QED) is 0.452. The first-order chi connectivity index (χ1) is 13.9. The second kappa shape index (κ2) is 7.64. The third kappa shape index (κ3) is 3.84. The molecule has 0 radical (unpaired) electrons. The highest BCUT2D eigenvalue weighted by molar-refractivity contribution is 7.99. The third-order valence-corrected chi connectivity index (χ3v) is 5.48. The van der Waals surface area contributed by atoms with Crippen molar-refractivity contribution in [1.29, 1.82) is 0 Å². The maximum absolute atomic E-state index is 12.7. The zero-order valence-corrected chi connectivity index (χ0v) is 16.2. The lowest BCUT2D eigenvalue weighted by atomic mass is 10.1. The van der Waals surface area contributed by atoms with Gasteiger partial charge in [-0.05, 0) is 52.4 Å². The van der Waals surface area contributed by atoms with Crippen LogP contribution >= 0.6 is 23.4 Å². The lowest BCUT2D eigenvalue weighted by Gasteiger charge is -2.07. The Kier molecular flexibility index (Phi) is 5.03. The molecule has 1 aliphatic heterocycles. The monoisotopic (exact) mass is 429 g/mol. The molecule has 11 heteroatoms. The van der Waals surface area contributed by atoms with Gasteiger partial charge in [0, 0.05) is 11.3 Å². The number of carboxylic acid groups (broad SMARTS) is 1. The van der Waals surface area contributed by atoms with E-state index in [0.717, 1.165) is 17.3 Å². The van der Waals surface area contributed by atoms with Gasteiger partial charge in [-0.2, -0.15) is 4.68 Å². The highest BCUT2D eigenvalue weighted by Crippen LogP contribution is 2.31. The molecule has 2 aromatic carbocycles. The number of hydrogen-bond donors (Lipinski definition) is 2. The summed E-state index contributed by atoms with van der Waals surface area (Å²) < 4.78 is 1.41. The van der Waals surface area contributed by atoms with Crippen molar-refractivity contribution in [3.63, 3.8) is 0 Å². The van der Waals surface area contributed by atoms with Crippen molar-refractivity contribution in [2.75, 3.05) is 11.1 Å². The molecular formula is C18H12ClN5O4S. The Morgan fingerprint density at radius 2 is 2.00 bits per heavy atom. The van der Waals surface area contributed by atoms with Gasteiger partial charge in [0.1, 0.15) is 0 Å². The first-order valence-electron chi connectivity index (χ1n) is 8.33. The van der Waals surface area contributed by atoms with E-state index < -0.39 is 5.97 Å². The summed E-state index contributed by atoms with van der Waals surface area (Å²) in [5, 5.41) is 23.7. The van der Waals surface area contributed by atoms with Gasteiger partial charge < -0.3 is 10.4 Å². The van der Waals surface area contributed by atoms with Gasteiger partial charge in [0.05, 0.1) is 28.4 Å². The highest BCUT2D eigenvalue weighted by Gasteiger charge is 2.22. The lowest BCUT2D eigenvalue weighted by molar-refractivity contribution is -0.115. The number of tetrazole rings is 1. The molecule has 29 heavy (non-hydrogen) atoms. The number of nitrogens with one attached hydrogen (secondary N) is 1. The van der Waals surface area contributed by atoms with E-state index in [1.807, 2.05) is 0 Å². The van der Waals surface area contributed by atoms with Crippen molar-refractivity contribution in [2.24, 2.45) is 0 Å². The maximum Gasteiger partial charge on any atom is 0.335 e. The summed E-state index contributed by atoms with van der Waals surface area (Å²) in [5.41, 5.74) is 2.40. The average molecular weight is 430 g/mol. The summed E-state index contributed by atoms with van der Waals surface area (Å²) in [7, 11) is 0. The minimum atomic E-state index is -1.03. The SMILES string of the molecule is O=C1Cc2cc(C(=O)CSc3nnnn3-c3ccc(C(=O)O)cc3)c(Cl)cc2N1. The molecule has 0 atom stereocenters. The standard InChI is InChI=1S/C18H12ClN5O4S/c19-13-7-14-10(6-16(26)20-14)5-12(13)15(25)8-29-18-21-22-23-24(18)11-3-1-9(2-4-11)17(27)28/h1-5,7H,6,8H2,(H,20,26)(H,27,28). The van der Waals surface area contributed by atoms with Gasteiger partial charge in [-0.25, -0.2) is 4.79 Å². The summed E-state index contributed by atoms with van der Waals surface area (Å²) in [5.74, 6) is -1.36. The van der Waals surface area contributed by atoms with Crippen LogP contribution in [-0.4, -0.2) is 48.7 Å². The number of aromatic carboxylic acids is 1. The van der Waals surface area contributed by atoms with Crippen molar-refractivity contribution in [2.45, 2.75) is 11.6 Å². The summed E-state index contributed by atoms with van der Waals surface area (Å²) in [4.78, 5) is 35.1. The molecule has 0 unspecified atom stereocenters. The molecule has 1 aliphatic rings. The van der Waals surface area contributed by atoms with Crippen LogP contribution in [0.2, 0.25) is 5.02 Å². The van der Waals surface area contributed by atoms with Crippen LogP contribution < -0.4 is 5.32 Å². The number of hydrogen-bond acceptors (Lipinski definition) is 7. The normalized spacial score (nSPS) is 12.5. The lowest BCUT2D eigenvalue weighted by Crippen LogP contribution is -2.06. The van der Waals surface area contributed by atoms with Gasteiger partial charge in [-0.3, -0.25) is 9.59 Å². The number of carbonyl (C=O) groups excluding carboxylic acids is 2. The minimum absolute atomic E-state index is 0.0352. The number of thioether (sulfide) groups is 1. The van der Waals surface area contributed by atoms with Crippen LogP contribution in [0, 0.1) is 0 Å². The van der Waals surface area contributed by atoms with E-state index in [4.69, 9.17) is 16.7 Å². The summed E-state index contributed by atoms with van der Waals surface area (Å²) in [6.45, 7) is 0. The zero-order chi connectivity index (χ0) is 20.5. The second-order valence-corrected chi connectivity index (χ2v) is 7.50. The predicted molar refractivity (Wildman–Crippen MR) is 105 cm³/mol. The molecule has 0 bridgehead atoms. The number of amides is 1. The van der Waals surface area contributed by atoms with E-state index >= 15 is 0 Å². The molecular weight excluding hydrogens is 418 g/mol. The summed E-state index contributed by atoms with van der Waals surface area (Å²) in [6.07, 6.45) is 0.213. The highest BCUT2D eigenvalue weighted by atomic mass is 35.5. The first-order valence-corrected chi connectivity index (χ1v) is 9.69. The Bertz CT molecular complexity index is 1150. The Morgan fingerprint density at radius 3 is 2.72 bits per heavy atom. The van der Waals surface area contributed by atoms with E-state index in [0.29, 0.717) is 22.1 Å². The fourth-order valence-corrected chi connectivity index (χ4v) is 3.89. The molecule has 4 rings (SSSR count). The van der Waals surface area contributed by atoms with Crippen LogP contribution in [0.15, 0.2) is 41.6 Å². The van der Waals surface area contributed by atoms with Gasteiger partial charge >= 0.3 is 5.97 Å². The van der Waals surface area contributed by atoms with E-state index in [2.05, 4.69) is 20.8 Å². The van der Waals surface area contributed by atoms with Crippen LogP contribution in [0.5, 0.6) is 0 Å². The number of nitrogens with zero attached hydrogens (tertiary/aromatic N) is 4. The van der Waals surface area contributed by atoms with Gasteiger partial charge in [-0.15, -0.1) is 5.10 Å². The fraction of sp³-hybridized carbons (Fsp3) is 0.111. The molecule has 146 valence electrons. The Morgan fingerprint density at radius 1 is 1.24 bits per heavy atom. The van der Waals surface area contributed by atoms with E-state index in [1.165, 1.54) is 16.8 Å². The number of rotatable bonds is 6. The number of aromatic nitrogens is 4. The number of benzene rings is 2. The summed E-state index contributed by atoms with van der Waals surface area (Å²) in [6, 6.07) is 9.25. The number of carboxylic acids is 1. The van der Waals surface area contributed by atoms with E-state index in [1.54, 1.807) is 24.3 Å². The van der Waals surface area contributed by atoms with Crippen molar-refractivity contribution in [1.82, 2.24) is 20.2 Å². The van der Waals surface area contributed by atoms with Gasteiger partial charge in [0.25, 0.3) is 0 Å². The summed E-state index contributed by atoms with van der Waals surface area (Å²) >= 11 is 7.33. The molecule has 0 spiro atoms. The molecule has 0 aliphatic carbocycles. The molecule has 0 saturated heterocycles. The largest absolute Gasteiger partial charge is 0.478 e. The predicted octanol–water partition coefficient (Wildman–Crippen LogP) is 2.48. The zero-order valence-electron chi connectivity index (χ0n) is 14.6. The molecule has 9 nitrogen and oxygen atoms in total.